The molecule has 1 aliphatic rings. The van der Waals surface area contributed by atoms with Crippen molar-refractivity contribution in [1.82, 2.24) is 19.7 Å². The van der Waals surface area contributed by atoms with Gasteiger partial charge in [0.2, 0.25) is 5.91 Å². The van der Waals surface area contributed by atoms with Gasteiger partial charge in [0.15, 0.2) is 16.6 Å². The highest BCUT2D eigenvalue weighted by molar-refractivity contribution is 7.13. The lowest BCUT2D eigenvalue weighted by Gasteiger charge is -2.22. The predicted molar refractivity (Wildman–Crippen MR) is 110 cm³/mol. The number of methoxy groups -OCH3 is 1. The van der Waals surface area contributed by atoms with Gasteiger partial charge in [0.05, 0.1) is 24.6 Å². The van der Waals surface area contributed by atoms with Gasteiger partial charge in [-0.15, -0.1) is 11.3 Å². The molecule has 12 heteroatoms. The van der Waals surface area contributed by atoms with Crippen LogP contribution in [0.5, 0.6) is 5.75 Å². The molecule has 0 spiro atoms. The van der Waals surface area contributed by atoms with Gasteiger partial charge in [0.1, 0.15) is 6.04 Å². The highest BCUT2D eigenvalue weighted by Crippen LogP contribution is 2.31. The van der Waals surface area contributed by atoms with Crippen molar-refractivity contribution in [3.8, 4) is 11.4 Å². The Morgan fingerprint density at radius 2 is 2.12 bits per heavy atom. The summed E-state index contributed by atoms with van der Waals surface area (Å²) in [6, 6.07) is 3.87. The number of carbonyl (C=O) groups excluding carboxylic acids is 2. The normalized spacial score (nSPS) is 16.2. The summed E-state index contributed by atoms with van der Waals surface area (Å²) in [4.78, 5) is 31.3. The van der Waals surface area contributed by atoms with Crippen LogP contribution in [0.15, 0.2) is 42.0 Å². The molecular weight excluding hydrogens is 447 g/mol. The van der Waals surface area contributed by atoms with Crippen molar-refractivity contribution in [1.29, 1.82) is 0 Å². The molecule has 1 fully saturated rings. The molecule has 0 radical (unpaired) electrons. The highest BCUT2D eigenvalue weighted by atomic mass is 32.1. The Labute approximate surface area is 184 Å². The Balaban J connectivity index is 1.60. The molecule has 1 saturated heterocycles. The van der Waals surface area contributed by atoms with Gasteiger partial charge in [0.25, 0.3) is 5.91 Å². The topological polar surface area (TPSA) is 89.4 Å². The van der Waals surface area contributed by atoms with E-state index in [1.165, 1.54) is 41.7 Å². The van der Waals surface area contributed by atoms with E-state index in [4.69, 9.17) is 4.74 Å². The van der Waals surface area contributed by atoms with Crippen LogP contribution in [0.3, 0.4) is 0 Å². The lowest BCUT2D eigenvalue weighted by Crippen LogP contribution is -2.43. The number of nitrogens with one attached hydrogen (secondary N) is 1. The summed E-state index contributed by atoms with van der Waals surface area (Å²) >= 11 is 1.26. The fraction of sp³-hybridized carbons (Fsp3) is 0.300. The number of halogens is 3. The molecule has 8 nitrogen and oxygen atoms in total. The first-order valence-corrected chi connectivity index (χ1v) is 10.5. The Bertz CT molecular complexity index is 1130. The Morgan fingerprint density at radius 1 is 1.31 bits per heavy atom. The first kappa shape index (κ1) is 21.8. The largest absolute Gasteiger partial charge is 0.493 e. The number of benzene rings is 1. The maximum atomic E-state index is 13.2. The standard InChI is InChI=1S/C20H18F3N5O3S/c1-31-15-11-28(13-5-2-4-12(10-13)20(21,22)23)26-16(15)18(30)27-8-3-6-14(27)17(29)25-19-24-7-9-32-19/h2,4-5,7,9-11,14H,3,6,8H2,1H3,(H,24,25,29). The number of nitrogens with zero attached hydrogens (tertiary/aromatic N) is 4. The van der Waals surface area contributed by atoms with E-state index in [0.29, 0.717) is 24.5 Å². The second-order valence-electron chi connectivity index (χ2n) is 7.02. The molecule has 4 rings (SSSR count). The minimum absolute atomic E-state index is 0.0844. The van der Waals surface area contributed by atoms with Crippen LogP contribution < -0.4 is 10.1 Å². The van der Waals surface area contributed by atoms with E-state index >= 15 is 0 Å². The molecule has 1 aliphatic heterocycles. The Hall–Kier alpha value is -3.41. The number of thiazole rings is 1. The monoisotopic (exact) mass is 465 g/mol. The molecule has 0 saturated carbocycles. The summed E-state index contributed by atoms with van der Waals surface area (Å²) in [5, 5.41) is 9.02. The van der Waals surface area contributed by atoms with E-state index in [1.54, 1.807) is 11.6 Å². The first-order valence-electron chi connectivity index (χ1n) is 9.60. The average molecular weight is 465 g/mol. The van der Waals surface area contributed by atoms with Crippen LogP contribution in [0.4, 0.5) is 18.3 Å². The molecular formula is C20H18F3N5O3S. The SMILES string of the molecule is COc1cn(-c2cccc(C(F)(F)F)c2)nc1C(=O)N1CCCC1C(=O)Nc1nccs1. The lowest BCUT2D eigenvalue weighted by atomic mass is 10.2. The van der Waals surface area contributed by atoms with Crippen molar-refractivity contribution in [2.24, 2.45) is 0 Å². The van der Waals surface area contributed by atoms with E-state index < -0.39 is 23.7 Å². The zero-order valence-corrected chi connectivity index (χ0v) is 17.6. The third-order valence-electron chi connectivity index (χ3n) is 5.02. The summed E-state index contributed by atoms with van der Waals surface area (Å²) in [5.41, 5.74) is -0.800. The maximum absolute atomic E-state index is 13.2. The molecule has 1 aromatic carbocycles. The predicted octanol–water partition coefficient (Wildman–Crippen LogP) is 3.60. The van der Waals surface area contributed by atoms with Crippen LogP contribution >= 0.6 is 11.3 Å². The number of rotatable bonds is 5. The Kier molecular flexibility index (Phi) is 5.87. The van der Waals surface area contributed by atoms with E-state index in [2.05, 4.69) is 15.4 Å². The fourth-order valence-electron chi connectivity index (χ4n) is 3.50. The van der Waals surface area contributed by atoms with Crippen LogP contribution in [0.25, 0.3) is 5.69 Å². The minimum atomic E-state index is -4.51. The molecule has 32 heavy (non-hydrogen) atoms. The van der Waals surface area contributed by atoms with E-state index in [1.807, 2.05) is 0 Å². The average Bonchev–Trinajstić information content (AvgIpc) is 3.52. The summed E-state index contributed by atoms with van der Waals surface area (Å²) < 4.78 is 45.6. The molecule has 1 N–H and O–H groups in total. The lowest BCUT2D eigenvalue weighted by molar-refractivity contribution is -0.137. The van der Waals surface area contributed by atoms with Gasteiger partial charge >= 0.3 is 6.18 Å². The van der Waals surface area contributed by atoms with Crippen LogP contribution in [0, 0.1) is 0 Å². The maximum Gasteiger partial charge on any atom is 0.416 e. The van der Waals surface area contributed by atoms with Gasteiger partial charge in [-0.3, -0.25) is 9.59 Å². The third-order valence-corrected chi connectivity index (χ3v) is 5.71. The number of anilines is 1. The molecule has 1 unspecified atom stereocenters. The van der Waals surface area contributed by atoms with Crippen LogP contribution in [0.2, 0.25) is 0 Å². The molecule has 2 amide bonds. The smallest absolute Gasteiger partial charge is 0.416 e. The fourth-order valence-corrected chi connectivity index (χ4v) is 4.04. The van der Waals surface area contributed by atoms with Gasteiger partial charge < -0.3 is 15.0 Å². The summed E-state index contributed by atoms with van der Waals surface area (Å²) in [6.07, 6.45) is -0.524. The molecule has 2 aromatic heterocycles. The van der Waals surface area contributed by atoms with Crippen molar-refractivity contribution in [2.45, 2.75) is 25.1 Å². The van der Waals surface area contributed by atoms with Crippen molar-refractivity contribution in [2.75, 3.05) is 19.0 Å². The molecule has 3 heterocycles. The van der Waals surface area contributed by atoms with Crippen LogP contribution in [0.1, 0.15) is 28.9 Å². The number of alkyl halides is 3. The number of hydrogen-bond acceptors (Lipinski definition) is 6. The van der Waals surface area contributed by atoms with Gasteiger partial charge in [-0.2, -0.15) is 18.3 Å². The minimum Gasteiger partial charge on any atom is -0.493 e. The van der Waals surface area contributed by atoms with Crippen LogP contribution in [-0.4, -0.2) is 51.2 Å². The molecule has 1 atom stereocenters. The van der Waals surface area contributed by atoms with Crippen LogP contribution in [-0.2, 0) is 11.0 Å². The second kappa shape index (κ2) is 8.61. The van der Waals surface area contributed by atoms with Gasteiger partial charge in [0, 0.05) is 18.1 Å². The summed E-state index contributed by atoms with van der Waals surface area (Å²) in [6.45, 7) is 0.342. The quantitative estimate of drug-likeness (QED) is 0.622. The zero-order chi connectivity index (χ0) is 22.9. The van der Waals surface area contributed by atoms with Gasteiger partial charge in [-0.05, 0) is 31.0 Å². The number of hydrogen-bond donors (Lipinski definition) is 1. The van der Waals surface area contributed by atoms with Gasteiger partial charge in [-0.25, -0.2) is 9.67 Å². The zero-order valence-electron chi connectivity index (χ0n) is 16.8. The van der Waals surface area contributed by atoms with Crippen molar-refractivity contribution >= 4 is 28.3 Å². The third kappa shape index (κ3) is 4.31. The van der Waals surface area contributed by atoms with Gasteiger partial charge in [-0.1, -0.05) is 6.07 Å². The first-order chi connectivity index (χ1) is 15.3. The number of amides is 2. The van der Waals surface area contributed by atoms with E-state index in [-0.39, 0.29) is 23.0 Å². The molecule has 0 aliphatic carbocycles. The highest BCUT2D eigenvalue weighted by Gasteiger charge is 2.37. The molecule has 3 aromatic rings. The van der Waals surface area contributed by atoms with E-state index in [0.717, 1.165) is 16.8 Å². The summed E-state index contributed by atoms with van der Waals surface area (Å²) in [7, 11) is 1.33. The summed E-state index contributed by atoms with van der Waals surface area (Å²) in [5.74, 6) is -0.801. The Morgan fingerprint density at radius 3 is 2.81 bits per heavy atom. The number of carbonyl (C=O) groups is 2. The van der Waals surface area contributed by atoms with Crippen molar-refractivity contribution in [3.05, 3.63) is 53.3 Å². The van der Waals surface area contributed by atoms with Crippen molar-refractivity contribution < 1.29 is 27.5 Å². The molecule has 168 valence electrons. The second-order valence-corrected chi connectivity index (χ2v) is 7.92. The number of aromatic nitrogens is 3. The van der Waals surface area contributed by atoms with E-state index in [9.17, 15) is 22.8 Å². The number of likely N-dealkylation sites (tertiary alicyclic amines) is 1. The van der Waals surface area contributed by atoms with Crippen molar-refractivity contribution in [3.63, 3.8) is 0 Å². The molecule has 0 bridgehead atoms. The number of ether oxygens (including phenoxy) is 1.